The van der Waals surface area contributed by atoms with Crippen LogP contribution in [0.4, 0.5) is 0 Å². The van der Waals surface area contributed by atoms with Crippen molar-refractivity contribution in [3.05, 3.63) is 65.0 Å². The predicted octanol–water partition coefficient (Wildman–Crippen LogP) is 4.40. The van der Waals surface area contributed by atoms with E-state index in [2.05, 4.69) is 21.8 Å². The molecule has 2 aliphatic heterocycles. The second-order valence-corrected chi connectivity index (χ2v) is 6.21. The van der Waals surface area contributed by atoms with Gasteiger partial charge in [-0.2, -0.15) is 5.11 Å². The third kappa shape index (κ3) is 2.69. The quantitative estimate of drug-likeness (QED) is 0.772. The predicted molar refractivity (Wildman–Crippen MR) is 96.3 cm³/mol. The van der Waals surface area contributed by atoms with Crippen LogP contribution >= 0.6 is 0 Å². The van der Waals surface area contributed by atoms with Crippen LogP contribution in [0.15, 0.2) is 58.5 Å². The first-order valence-corrected chi connectivity index (χ1v) is 8.30. The fraction of sp³-hybridized carbons (Fsp3) is 0.200. The molecule has 0 radical (unpaired) electrons. The van der Waals surface area contributed by atoms with Crippen LogP contribution in [0.1, 0.15) is 23.6 Å². The standard InChI is InChI=1S/C20H17N3O3/c1-11-10-14(26-20-16-7-9-25-17(16)6-8-21-20)4-5-15(11)18-12(2)19(24)23-22-13(18)3/h4-6,8,10H,2,7,9H2,1,3H3. The number of ether oxygens (including phenoxy) is 2. The number of aryl methyl sites for hydroxylation is 1. The summed E-state index contributed by atoms with van der Waals surface area (Å²) in [4.78, 5) is 16.1. The minimum atomic E-state index is -0.408. The lowest BCUT2D eigenvalue weighted by Gasteiger charge is -2.16. The summed E-state index contributed by atoms with van der Waals surface area (Å²) in [7, 11) is 0. The summed E-state index contributed by atoms with van der Waals surface area (Å²) in [6.45, 7) is 8.28. The van der Waals surface area contributed by atoms with Crippen molar-refractivity contribution in [3.8, 4) is 17.4 Å². The van der Waals surface area contributed by atoms with Crippen molar-refractivity contribution < 1.29 is 14.3 Å². The molecule has 0 unspecified atom stereocenters. The molecule has 0 atom stereocenters. The first-order valence-electron chi connectivity index (χ1n) is 8.30. The minimum absolute atomic E-state index is 0.356. The van der Waals surface area contributed by atoms with E-state index in [1.54, 1.807) is 6.20 Å². The van der Waals surface area contributed by atoms with E-state index in [4.69, 9.17) is 9.47 Å². The van der Waals surface area contributed by atoms with Gasteiger partial charge in [-0.25, -0.2) is 4.98 Å². The summed E-state index contributed by atoms with van der Waals surface area (Å²) >= 11 is 0. The van der Waals surface area contributed by atoms with Crippen molar-refractivity contribution in [2.24, 2.45) is 10.2 Å². The molecular weight excluding hydrogens is 330 g/mol. The van der Waals surface area contributed by atoms with E-state index < -0.39 is 5.91 Å². The normalized spacial score (nSPS) is 15.9. The monoisotopic (exact) mass is 347 g/mol. The lowest BCUT2D eigenvalue weighted by atomic mass is 9.92. The SMILES string of the molecule is C=C1C(=O)N=NC(C)=C1c1ccc(Oc2nccc3c2CCO3)cc1C. The van der Waals surface area contributed by atoms with Crippen molar-refractivity contribution in [3.63, 3.8) is 0 Å². The van der Waals surface area contributed by atoms with Gasteiger partial charge in [0.1, 0.15) is 11.5 Å². The molecular formula is C20H17N3O3. The molecule has 0 aliphatic carbocycles. The van der Waals surface area contributed by atoms with Crippen molar-refractivity contribution >= 4 is 11.5 Å². The van der Waals surface area contributed by atoms with Crippen LogP contribution in [0.5, 0.6) is 17.4 Å². The Kier molecular flexibility index (Phi) is 3.88. The summed E-state index contributed by atoms with van der Waals surface area (Å²) in [6.07, 6.45) is 2.46. The van der Waals surface area contributed by atoms with Gasteiger partial charge in [-0.15, -0.1) is 5.11 Å². The van der Waals surface area contributed by atoms with Gasteiger partial charge in [-0.1, -0.05) is 12.6 Å². The molecule has 0 fully saturated rings. The number of rotatable bonds is 3. The Hall–Kier alpha value is -3.28. The van der Waals surface area contributed by atoms with Gasteiger partial charge in [0.25, 0.3) is 5.91 Å². The van der Waals surface area contributed by atoms with Gasteiger partial charge in [0.2, 0.25) is 5.88 Å². The third-order valence-corrected chi connectivity index (χ3v) is 4.48. The van der Waals surface area contributed by atoms with Crippen LogP contribution in [0, 0.1) is 6.92 Å². The van der Waals surface area contributed by atoms with Crippen molar-refractivity contribution in [1.29, 1.82) is 0 Å². The van der Waals surface area contributed by atoms with E-state index in [-0.39, 0.29) is 0 Å². The van der Waals surface area contributed by atoms with Gasteiger partial charge in [0.05, 0.1) is 17.9 Å². The molecule has 0 saturated carbocycles. The number of aromatic nitrogens is 1. The zero-order valence-electron chi connectivity index (χ0n) is 14.6. The van der Waals surface area contributed by atoms with E-state index in [0.29, 0.717) is 29.5 Å². The molecule has 2 aliphatic rings. The molecule has 0 bridgehead atoms. The second-order valence-electron chi connectivity index (χ2n) is 6.21. The van der Waals surface area contributed by atoms with Gasteiger partial charge < -0.3 is 9.47 Å². The molecule has 4 rings (SSSR count). The third-order valence-electron chi connectivity index (χ3n) is 4.48. The van der Waals surface area contributed by atoms with Crippen LogP contribution in [0.3, 0.4) is 0 Å². The fourth-order valence-corrected chi connectivity index (χ4v) is 3.18. The number of amides is 1. The molecule has 6 nitrogen and oxygen atoms in total. The summed E-state index contributed by atoms with van der Waals surface area (Å²) in [5.74, 6) is 1.65. The van der Waals surface area contributed by atoms with Crippen molar-refractivity contribution in [2.75, 3.05) is 6.61 Å². The van der Waals surface area contributed by atoms with Gasteiger partial charge in [0.15, 0.2) is 0 Å². The Labute approximate surface area is 150 Å². The Balaban J connectivity index is 1.67. The van der Waals surface area contributed by atoms with E-state index >= 15 is 0 Å². The van der Waals surface area contributed by atoms with E-state index in [9.17, 15) is 4.79 Å². The molecule has 6 heteroatoms. The number of carbonyl (C=O) groups excluding carboxylic acids is 1. The van der Waals surface area contributed by atoms with E-state index in [1.165, 1.54) is 0 Å². The minimum Gasteiger partial charge on any atom is -0.493 e. The summed E-state index contributed by atoms with van der Waals surface area (Å²) in [5, 5.41) is 7.52. The number of azo groups is 1. The lowest BCUT2D eigenvalue weighted by Crippen LogP contribution is -2.07. The highest BCUT2D eigenvalue weighted by molar-refractivity contribution is 6.10. The number of hydrogen-bond donors (Lipinski definition) is 0. The van der Waals surface area contributed by atoms with Crippen LogP contribution in [0.2, 0.25) is 0 Å². The molecule has 26 heavy (non-hydrogen) atoms. The Morgan fingerprint density at radius 2 is 2.04 bits per heavy atom. The number of pyridine rings is 1. The average molecular weight is 347 g/mol. The van der Waals surface area contributed by atoms with Crippen LogP contribution in [0.25, 0.3) is 5.57 Å². The maximum Gasteiger partial charge on any atom is 0.295 e. The van der Waals surface area contributed by atoms with E-state index in [0.717, 1.165) is 34.4 Å². The summed E-state index contributed by atoms with van der Waals surface area (Å²) in [6, 6.07) is 7.51. The number of allylic oxidation sites excluding steroid dienone is 1. The Morgan fingerprint density at radius 1 is 1.19 bits per heavy atom. The summed E-state index contributed by atoms with van der Waals surface area (Å²) in [5.41, 5.74) is 4.58. The maximum absolute atomic E-state index is 11.8. The van der Waals surface area contributed by atoms with Crippen molar-refractivity contribution in [2.45, 2.75) is 20.3 Å². The molecule has 0 N–H and O–H groups in total. The van der Waals surface area contributed by atoms with E-state index in [1.807, 2.05) is 38.1 Å². The molecule has 2 aromatic rings. The molecule has 1 aromatic carbocycles. The Bertz CT molecular complexity index is 1010. The van der Waals surface area contributed by atoms with Crippen molar-refractivity contribution in [1.82, 2.24) is 4.98 Å². The molecule has 3 heterocycles. The molecule has 0 saturated heterocycles. The highest BCUT2D eigenvalue weighted by Crippen LogP contribution is 2.37. The van der Waals surface area contributed by atoms with Crippen LogP contribution in [-0.4, -0.2) is 17.5 Å². The lowest BCUT2D eigenvalue weighted by molar-refractivity contribution is -0.114. The highest BCUT2D eigenvalue weighted by atomic mass is 16.5. The molecule has 1 aromatic heterocycles. The van der Waals surface area contributed by atoms with Gasteiger partial charge in [-0.05, 0) is 43.2 Å². The first kappa shape index (κ1) is 16.2. The number of nitrogens with zero attached hydrogens (tertiary/aromatic N) is 3. The fourth-order valence-electron chi connectivity index (χ4n) is 3.18. The van der Waals surface area contributed by atoms with Crippen LogP contribution in [-0.2, 0) is 11.2 Å². The topological polar surface area (TPSA) is 73.1 Å². The molecule has 0 spiro atoms. The summed E-state index contributed by atoms with van der Waals surface area (Å²) < 4.78 is 11.5. The highest BCUT2D eigenvalue weighted by Gasteiger charge is 2.23. The van der Waals surface area contributed by atoms with Gasteiger partial charge in [0, 0.05) is 23.8 Å². The van der Waals surface area contributed by atoms with Gasteiger partial charge >= 0.3 is 0 Å². The maximum atomic E-state index is 11.8. The number of benzene rings is 1. The second kappa shape index (κ2) is 6.22. The van der Waals surface area contributed by atoms with Crippen LogP contribution < -0.4 is 9.47 Å². The van der Waals surface area contributed by atoms with Gasteiger partial charge in [-0.3, -0.25) is 4.79 Å². The Morgan fingerprint density at radius 3 is 2.85 bits per heavy atom. The average Bonchev–Trinajstić information content (AvgIpc) is 3.10. The first-order chi connectivity index (χ1) is 12.5. The number of fused-ring (bicyclic) bond motifs is 1. The smallest absolute Gasteiger partial charge is 0.295 e. The zero-order chi connectivity index (χ0) is 18.3. The number of carbonyl (C=O) groups is 1. The molecule has 1 amide bonds. The molecule has 130 valence electrons. The largest absolute Gasteiger partial charge is 0.493 e. The number of hydrogen-bond acceptors (Lipinski definition) is 5. The zero-order valence-corrected chi connectivity index (χ0v) is 14.6.